The Morgan fingerprint density at radius 3 is 1.90 bits per heavy atom. The minimum absolute atomic E-state index is 0.0208. The number of hydrogen-bond donors (Lipinski definition) is 2. The largest absolute Gasteiger partial charge is 0.393 e. The maximum atomic E-state index is 9.40. The van der Waals surface area contributed by atoms with E-state index in [-0.39, 0.29) is 17.1 Å². The molecule has 0 aromatic heterocycles. The van der Waals surface area contributed by atoms with Crippen molar-refractivity contribution < 1.29 is 5.11 Å². The average molecular weight is 143 g/mol. The molecule has 1 rings (SSSR count). The topological polar surface area (TPSA) is 46.2 Å². The zero-order chi connectivity index (χ0) is 7.99. The molecule has 10 heavy (non-hydrogen) atoms. The average Bonchev–Trinajstić information content (AvgIpc) is 2.36. The second kappa shape index (κ2) is 1.95. The highest BCUT2D eigenvalue weighted by atomic mass is 16.3. The van der Waals surface area contributed by atoms with Crippen LogP contribution >= 0.6 is 0 Å². The maximum absolute atomic E-state index is 9.40. The maximum Gasteiger partial charge on any atom is 0.0585 e. The normalized spacial score (nSPS) is 26.1. The van der Waals surface area contributed by atoms with Crippen LogP contribution in [0.3, 0.4) is 0 Å². The van der Waals surface area contributed by atoms with E-state index in [2.05, 4.69) is 0 Å². The third kappa shape index (κ3) is 0.956. The van der Waals surface area contributed by atoms with Gasteiger partial charge in [-0.2, -0.15) is 0 Å². The summed E-state index contributed by atoms with van der Waals surface area (Å²) in [7, 11) is 0. The van der Waals surface area contributed by atoms with Gasteiger partial charge in [0, 0.05) is 11.0 Å². The molecule has 1 aliphatic rings. The summed E-state index contributed by atoms with van der Waals surface area (Å²) in [5.41, 5.74) is 5.72. The molecule has 0 bridgehead atoms. The molecule has 1 fully saturated rings. The highest BCUT2D eigenvalue weighted by Crippen LogP contribution is 2.55. The van der Waals surface area contributed by atoms with Gasteiger partial charge in [-0.05, 0) is 33.6 Å². The third-order valence-electron chi connectivity index (χ3n) is 2.87. The van der Waals surface area contributed by atoms with E-state index in [1.54, 1.807) is 0 Å². The lowest BCUT2D eigenvalue weighted by Crippen LogP contribution is -2.47. The summed E-state index contributed by atoms with van der Waals surface area (Å²) in [6, 6.07) is 0. The van der Waals surface area contributed by atoms with Crippen LogP contribution in [0.2, 0.25) is 0 Å². The molecule has 0 amide bonds. The van der Waals surface area contributed by atoms with Crippen molar-refractivity contribution in [3.05, 3.63) is 0 Å². The Labute approximate surface area is 62.4 Å². The summed E-state index contributed by atoms with van der Waals surface area (Å²) >= 11 is 0. The standard InChI is InChI=1S/C8H17NO/c1-6(10)8(4-5-8)7(2,3)9/h6,10H,4-5,9H2,1-3H3. The minimum atomic E-state index is -0.257. The van der Waals surface area contributed by atoms with Crippen molar-refractivity contribution in [2.45, 2.75) is 45.3 Å². The number of nitrogens with two attached hydrogens (primary N) is 1. The van der Waals surface area contributed by atoms with E-state index in [1.807, 2.05) is 20.8 Å². The van der Waals surface area contributed by atoms with Crippen molar-refractivity contribution in [1.29, 1.82) is 0 Å². The van der Waals surface area contributed by atoms with Gasteiger partial charge in [0.05, 0.1) is 6.10 Å². The van der Waals surface area contributed by atoms with Gasteiger partial charge in [-0.1, -0.05) is 0 Å². The van der Waals surface area contributed by atoms with Crippen LogP contribution in [0.1, 0.15) is 33.6 Å². The summed E-state index contributed by atoms with van der Waals surface area (Å²) in [5, 5.41) is 9.40. The van der Waals surface area contributed by atoms with E-state index in [9.17, 15) is 5.11 Å². The molecular formula is C8H17NO. The summed E-state index contributed by atoms with van der Waals surface area (Å²) in [6.45, 7) is 5.82. The van der Waals surface area contributed by atoms with E-state index in [4.69, 9.17) is 5.73 Å². The molecular weight excluding hydrogens is 126 g/mol. The third-order valence-corrected chi connectivity index (χ3v) is 2.87. The van der Waals surface area contributed by atoms with Gasteiger partial charge < -0.3 is 10.8 Å². The summed E-state index contributed by atoms with van der Waals surface area (Å²) in [5.74, 6) is 0. The Morgan fingerprint density at radius 1 is 1.50 bits per heavy atom. The van der Waals surface area contributed by atoms with Crippen LogP contribution in [-0.4, -0.2) is 16.7 Å². The molecule has 2 heteroatoms. The van der Waals surface area contributed by atoms with E-state index in [0.29, 0.717) is 0 Å². The predicted octanol–water partition coefficient (Wildman–Crippen LogP) is 0.885. The van der Waals surface area contributed by atoms with Crippen LogP contribution < -0.4 is 5.73 Å². The summed E-state index contributed by atoms with van der Waals surface area (Å²) in [4.78, 5) is 0. The molecule has 1 atom stereocenters. The fraction of sp³-hybridized carbons (Fsp3) is 1.00. The monoisotopic (exact) mass is 143 g/mol. The Kier molecular flexibility index (Phi) is 1.57. The molecule has 0 heterocycles. The second-order valence-corrected chi connectivity index (χ2v) is 4.05. The molecule has 0 aromatic rings. The minimum Gasteiger partial charge on any atom is -0.393 e. The first-order chi connectivity index (χ1) is 4.40. The van der Waals surface area contributed by atoms with Crippen LogP contribution in [-0.2, 0) is 0 Å². The van der Waals surface area contributed by atoms with Crippen LogP contribution in [0.5, 0.6) is 0 Å². The molecule has 0 radical (unpaired) electrons. The van der Waals surface area contributed by atoms with E-state index in [1.165, 1.54) is 0 Å². The quantitative estimate of drug-likeness (QED) is 0.603. The molecule has 60 valence electrons. The van der Waals surface area contributed by atoms with Crippen LogP contribution in [0.15, 0.2) is 0 Å². The molecule has 0 aromatic carbocycles. The van der Waals surface area contributed by atoms with E-state index >= 15 is 0 Å². The highest BCUT2D eigenvalue weighted by Gasteiger charge is 2.55. The Balaban J connectivity index is 2.70. The first-order valence-electron chi connectivity index (χ1n) is 3.87. The number of aliphatic hydroxyl groups is 1. The lowest BCUT2D eigenvalue weighted by atomic mass is 9.81. The van der Waals surface area contributed by atoms with Gasteiger partial charge >= 0.3 is 0 Å². The van der Waals surface area contributed by atoms with E-state index < -0.39 is 0 Å². The molecule has 0 aliphatic heterocycles. The Bertz CT molecular complexity index is 131. The number of rotatable bonds is 2. The van der Waals surface area contributed by atoms with Crippen LogP contribution in [0.25, 0.3) is 0 Å². The molecule has 1 aliphatic carbocycles. The molecule has 0 saturated heterocycles. The smallest absolute Gasteiger partial charge is 0.0585 e. The van der Waals surface area contributed by atoms with Crippen molar-refractivity contribution in [2.75, 3.05) is 0 Å². The van der Waals surface area contributed by atoms with Crippen molar-refractivity contribution >= 4 is 0 Å². The van der Waals surface area contributed by atoms with Gasteiger partial charge in [0.15, 0.2) is 0 Å². The van der Waals surface area contributed by atoms with Gasteiger partial charge in [-0.15, -0.1) is 0 Å². The molecule has 3 N–H and O–H groups in total. The number of hydrogen-bond acceptors (Lipinski definition) is 2. The van der Waals surface area contributed by atoms with Crippen LogP contribution in [0.4, 0.5) is 0 Å². The fourth-order valence-electron chi connectivity index (χ4n) is 1.74. The fourth-order valence-corrected chi connectivity index (χ4v) is 1.74. The molecule has 1 saturated carbocycles. The number of aliphatic hydroxyl groups excluding tert-OH is 1. The molecule has 1 unspecified atom stereocenters. The molecule has 0 spiro atoms. The zero-order valence-corrected chi connectivity index (χ0v) is 7.02. The van der Waals surface area contributed by atoms with Crippen LogP contribution in [0, 0.1) is 5.41 Å². The molecule has 2 nitrogen and oxygen atoms in total. The lowest BCUT2D eigenvalue weighted by molar-refractivity contribution is 0.0664. The Hall–Kier alpha value is -0.0800. The van der Waals surface area contributed by atoms with Gasteiger partial charge in [0.25, 0.3) is 0 Å². The van der Waals surface area contributed by atoms with Gasteiger partial charge in [0.2, 0.25) is 0 Å². The second-order valence-electron chi connectivity index (χ2n) is 4.05. The first-order valence-corrected chi connectivity index (χ1v) is 3.87. The summed E-state index contributed by atoms with van der Waals surface area (Å²) in [6.07, 6.45) is 1.90. The van der Waals surface area contributed by atoms with Gasteiger partial charge in [-0.3, -0.25) is 0 Å². The zero-order valence-electron chi connectivity index (χ0n) is 7.02. The van der Waals surface area contributed by atoms with Crippen molar-refractivity contribution in [3.63, 3.8) is 0 Å². The highest BCUT2D eigenvalue weighted by molar-refractivity contribution is 5.09. The van der Waals surface area contributed by atoms with Gasteiger partial charge in [0.1, 0.15) is 0 Å². The summed E-state index contributed by atoms with van der Waals surface area (Å²) < 4.78 is 0. The lowest BCUT2D eigenvalue weighted by Gasteiger charge is -2.33. The van der Waals surface area contributed by atoms with Crippen molar-refractivity contribution in [2.24, 2.45) is 11.1 Å². The van der Waals surface area contributed by atoms with E-state index in [0.717, 1.165) is 12.8 Å². The Morgan fingerprint density at radius 2 is 1.90 bits per heavy atom. The first kappa shape index (κ1) is 8.02. The van der Waals surface area contributed by atoms with Gasteiger partial charge in [-0.25, -0.2) is 0 Å². The van der Waals surface area contributed by atoms with Crippen molar-refractivity contribution in [1.82, 2.24) is 0 Å². The SMILES string of the molecule is CC(O)C1(C(C)(C)N)CC1. The van der Waals surface area contributed by atoms with Crippen molar-refractivity contribution in [3.8, 4) is 0 Å². The predicted molar refractivity (Wildman–Crippen MR) is 41.6 cm³/mol.